The van der Waals surface area contributed by atoms with E-state index in [2.05, 4.69) is 20.1 Å². The molecule has 3 rings (SSSR count). The van der Waals surface area contributed by atoms with Gasteiger partial charge < -0.3 is 14.0 Å². The van der Waals surface area contributed by atoms with Crippen molar-refractivity contribution >= 4 is 18.0 Å². The highest BCUT2D eigenvalue weighted by atomic mass is 16.6. The number of esters is 2. The molecule has 2 aliphatic rings. The first-order valence-electron chi connectivity index (χ1n) is 6.96. The van der Waals surface area contributed by atoms with Crippen LogP contribution in [0, 0.1) is 10.1 Å². The molecule has 2 heterocycles. The molecule has 0 fully saturated rings. The highest BCUT2D eigenvalue weighted by molar-refractivity contribution is 5.92. The van der Waals surface area contributed by atoms with Crippen molar-refractivity contribution in [3.63, 3.8) is 0 Å². The number of methoxy groups -OCH3 is 1. The molecule has 11 nitrogen and oxygen atoms in total. The van der Waals surface area contributed by atoms with Crippen molar-refractivity contribution in [3.05, 3.63) is 33.2 Å². The van der Waals surface area contributed by atoms with Crippen LogP contribution < -0.4 is 0 Å². The molecule has 3 unspecified atom stereocenters. The summed E-state index contributed by atoms with van der Waals surface area (Å²) >= 11 is 0. The number of ether oxygens (including phenoxy) is 2. The van der Waals surface area contributed by atoms with Crippen LogP contribution in [0.4, 0.5) is 0 Å². The zero-order valence-electron chi connectivity index (χ0n) is 12.7. The number of carbonyl (C=O) groups excluding carboxylic acids is 2. The number of rotatable bonds is 4. The van der Waals surface area contributed by atoms with Crippen molar-refractivity contribution < 1.29 is 28.5 Å². The van der Waals surface area contributed by atoms with E-state index in [0.717, 1.165) is 13.2 Å². The minimum Gasteiger partial charge on any atom is -0.467 e. The van der Waals surface area contributed by atoms with Gasteiger partial charge in [0.15, 0.2) is 6.04 Å². The lowest BCUT2D eigenvalue weighted by atomic mass is 9.79. The Hall–Kier alpha value is -3.11. The third-order valence-electron chi connectivity index (χ3n) is 3.86. The molecule has 0 N–H and O–H groups in total. The van der Waals surface area contributed by atoms with Crippen molar-refractivity contribution in [1.29, 1.82) is 0 Å². The van der Waals surface area contributed by atoms with Crippen LogP contribution in [0.2, 0.25) is 0 Å². The molecule has 0 bridgehead atoms. The van der Waals surface area contributed by atoms with Gasteiger partial charge in [-0.05, 0) is 13.0 Å². The normalized spacial score (nSPS) is 26.6. The lowest BCUT2D eigenvalue weighted by molar-refractivity contribution is -0.556. The van der Waals surface area contributed by atoms with Crippen LogP contribution >= 0.6 is 0 Å². The quantitative estimate of drug-likeness (QED) is 0.448. The molecule has 11 heteroatoms. The molecule has 1 aromatic rings. The van der Waals surface area contributed by atoms with Crippen molar-refractivity contribution in [2.24, 2.45) is 10.2 Å². The Labute approximate surface area is 134 Å². The molecular formula is C13H12N4O7. The predicted octanol–water partition coefficient (Wildman–Crippen LogP) is 0.942. The Morgan fingerprint density at radius 1 is 1.50 bits per heavy atom. The van der Waals surface area contributed by atoms with E-state index in [0.29, 0.717) is 0 Å². The fourth-order valence-corrected chi connectivity index (χ4v) is 2.76. The number of nitrogens with zero attached hydrogens (tertiary/aromatic N) is 4. The van der Waals surface area contributed by atoms with E-state index in [9.17, 15) is 19.7 Å². The summed E-state index contributed by atoms with van der Waals surface area (Å²) in [5.41, 5.74) is -1.75. The highest BCUT2D eigenvalue weighted by Gasteiger charge is 2.63. The van der Waals surface area contributed by atoms with Crippen molar-refractivity contribution in [2.45, 2.75) is 24.5 Å². The summed E-state index contributed by atoms with van der Waals surface area (Å²) < 4.78 is 14.5. The number of hydrogen-bond acceptors (Lipinski definition) is 10. The van der Waals surface area contributed by atoms with Gasteiger partial charge in [-0.3, -0.25) is 10.1 Å². The Bertz CT molecular complexity index is 783. The summed E-state index contributed by atoms with van der Waals surface area (Å²) in [6, 6.07) is -1.26. The maximum absolute atomic E-state index is 11.9. The Kier molecular flexibility index (Phi) is 3.62. The van der Waals surface area contributed by atoms with E-state index in [1.807, 2.05) is 0 Å². The summed E-state index contributed by atoms with van der Waals surface area (Å²) in [6.07, 6.45) is 2.46. The standard InChI is InChI=1S/C13H12N4O7/c1-3-23-12(19)10-6-4-5-13(17(20)21)7(8(6)15-24-10)9(14-16-13)11(18)22-2/h4-5,7,9H,3H2,1-2H3. The second-order valence-corrected chi connectivity index (χ2v) is 5.07. The van der Waals surface area contributed by atoms with Gasteiger partial charge in [0.2, 0.25) is 0 Å². The van der Waals surface area contributed by atoms with Gasteiger partial charge in [-0.25, -0.2) is 9.59 Å². The van der Waals surface area contributed by atoms with E-state index in [1.165, 1.54) is 6.08 Å². The number of nitro groups is 1. The molecule has 1 aliphatic carbocycles. The second kappa shape index (κ2) is 5.51. The fraction of sp³-hybridized carbons (Fsp3) is 0.462. The third-order valence-corrected chi connectivity index (χ3v) is 3.86. The predicted molar refractivity (Wildman–Crippen MR) is 74.6 cm³/mol. The molecule has 1 aromatic heterocycles. The summed E-state index contributed by atoms with van der Waals surface area (Å²) in [4.78, 5) is 34.7. The second-order valence-electron chi connectivity index (χ2n) is 5.07. The van der Waals surface area contributed by atoms with Crippen LogP contribution in [0.1, 0.15) is 34.7 Å². The molecule has 24 heavy (non-hydrogen) atoms. The number of azo groups is 1. The maximum atomic E-state index is 11.9. The number of hydrogen-bond donors (Lipinski definition) is 0. The average molecular weight is 336 g/mol. The van der Waals surface area contributed by atoms with Crippen LogP contribution in [0.3, 0.4) is 0 Å². The summed E-state index contributed by atoms with van der Waals surface area (Å²) in [5, 5.41) is 22.7. The summed E-state index contributed by atoms with van der Waals surface area (Å²) in [5.74, 6) is -2.93. The van der Waals surface area contributed by atoms with E-state index in [-0.39, 0.29) is 23.6 Å². The molecule has 0 saturated heterocycles. The molecule has 0 spiro atoms. The number of fused-ring (bicyclic) bond motifs is 3. The van der Waals surface area contributed by atoms with E-state index in [4.69, 9.17) is 9.26 Å². The van der Waals surface area contributed by atoms with E-state index < -0.39 is 34.5 Å². The van der Waals surface area contributed by atoms with Crippen LogP contribution in [0.15, 0.2) is 20.8 Å². The molecule has 0 saturated carbocycles. The van der Waals surface area contributed by atoms with Crippen LogP contribution in [0.25, 0.3) is 6.08 Å². The number of aromatic nitrogens is 1. The first kappa shape index (κ1) is 15.8. The van der Waals surface area contributed by atoms with Gasteiger partial charge in [-0.1, -0.05) is 5.16 Å². The zero-order chi connectivity index (χ0) is 17.5. The van der Waals surface area contributed by atoms with Gasteiger partial charge in [0.25, 0.3) is 5.76 Å². The first-order chi connectivity index (χ1) is 11.5. The SMILES string of the molecule is CCOC(=O)c1onc2c1C=CC1([N+](=O)[O-])N=NC(C(=O)OC)C21. The molecular weight excluding hydrogens is 324 g/mol. The molecule has 0 amide bonds. The third kappa shape index (κ3) is 2.01. The zero-order valence-corrected chi connectivity index (χ0v) is 12.7. The lowest BCUT2D eigenvalue weighted by Crippen LogP contribution is -2.45. The minimum absolute atomic E-state index is 0.0395. The smallest absolute Gasteiger partial charge is 0.377 e. The van der Waals surface area contributed by atoms with E-state index in [1.54, 1.807) is 6.92 Å². The Morgan fingerprint density at radius 2 is 2.25 bits per heavy atom. The fourth-order valence-electron chi connectivity index (χ4n) is 2.76. The van der Waals surface area contributed by atoms with Crippen LogP contribution in [-0.4, -0.2) is 47.4 Å². The number of carbonyl (C=O) groups is 2. The van der Waals surface area contributed by atoms with Gasteiger partial charge in [0.05, 0.1) is 24.2 Å². The van der Waals surface area contributed by atoms with Gasteiger partial charge in [0.1, 0.15) is 11.6 Å². The van der Waals surface area contributed by atoms with Crippen LogP contribution in [0.5, 0.6) is 0 Å². The van der Waals surface area contributed by atoms with Crippen LogP contribution in [-0.2, 0) is 14.3 Å². The molecule has 0 aromatic carbocycles. The summed E-state index contributed by atoms with van der Waals surface area (Å²) in [6.45, 7) is 1.74. The maximum Gasteiger partial charge on any atom is 0.377 e. The monoisotopic (exact) mass is 336 g/mol. The summed E-state index contributed by atoms with van der Waals surface area (Å²) in [7, 11) is 1.14. The lowest BCUT2D eigenvalue weighted by Gasteiger charge is -2.24. The highest BCUT2D eigenvalue weighted by Crippen LogP contribution is 2.48. The van der Waals surface area contributed by atoms with Gasteiger partial charge in [-0.15, -0.1) is 5.11 Å². The first-order valence-corrected chi connectivity index (χ1v) is 6.96. The van der Waals surface area contributed by atoms with Gasteiger partial charge in [-0.2, -0.15) is 5.11 Å². The van der Waals surface area contributed by atoms with Crippen molar-refractivity contribution in [3.8, 4) is 0 Å². The van der Waals surface area contributed by atoms with Gasteiger partial charge in [0, 0.05) is 6.08 Å². The Morgan fingerprint density at radius 3 is 2.88 bits per heavy atom. The molecule has 0 radical (unpaired) electrons. The Balaban J connectivity index is 2.12. The molecule has 126 valence electrons. The van der Waals surface area contributed by atoms with E-state index >= 15 is 0 Å². The molecule has 1 aliphatic heterocycles. The van der Waals surface area contributed by atoms with Crippen molar-refractivity contribution in [2.75, 3.05) is 13.7 Å². The molecule has 3 atom stereocenters. The average Bonchev–Trinajstić information content (AvgIpc) is 3.15. The largest absolute Gasteiger partial charge is 0.467 e. The van der Waals surface area contributed by atoms with Gasteiger partial charge >= 0.3 is 17.6 Å². The topological polar surface area (TPSA) is 146 Å². The minimum atomic E-state index is -1.99. The van der Waals surface area contributed by atoms with Crippen molar-refractivity contribution in [1.82, 2.24) is 5.16 Å².